The maximum atomic E-state index is 9.50. The zero-order valence-corrected chi connectivity index (χ0v) is 5.77. The van der Waals surface area contributed by atoms with Crippen molar-refractivity contribution in [2.45, 2.75) is 52.1 Å². The number of aliphatic hydroxyl groups is 1. The Bertz CT molecular complexity index is 116. The summed E-state index contributed by atoms with van der Waals surface area (Å²) in [7, 11) is 0. The molecule has 0 aromatic carbocycles. The van der Waals surface area contributed by atoms with E-state index < -0.39 is 0 Å². The highest BCUT2D eigenvalue weighted by Crippen LogP contribution is 2.55. The molecule has 10 heavy (non-hydrogen) atoms. The molecular formula is C9H18O. The van der Waals surface area contributed by atoms with Gasteiger partial charge in [-0.3, -0.25) is 0 Å². The van der Waals surface area contributed by atoms with Crippen LogP contribution in [0.25, 0.3) is 0 Å². The van der Waals surface area contributed by atoms with Gasteiger partial charge in [0.1, 0.15) is 0 Å². The predicted octanol–water partition coefficient (Wildman–Crippen LogP) is 2.34. The fourth-order valence-corrected chi connectivity index (χ4v) is 2.03. The van der Waals surface area contributed by atoms with Gasteiger partial charge in [-0.2, -0.15) is 0 Å². The Hall–Kier alpha value is -0.0400. The largest absolute Gasteiger partial charge is 0.393 e. The monoisotopic (exact) mass is 142 g/mol. The molecule has 60 valence electrons. The quantitative estimate of drug-likeness (QED) is 0.550. The molecule has 2 aliphatic rings. The van der Waals surface area contributed by atoms with E-state index in [2.05, 4.69) is 0 Å². The standard InChI is InChI=1S/C8H14O.CH4/c9-7-3-1-2-4-8(7)5-6-8;/h7,9H,1-6H2;1H4/t7-;/m0./s1. The van der Waals surface area contributed by atoms with Gasteiger partial charge in [-0.15, -0.1) is 0 Å². The van der Waals surface area contributed by atoms with Crippen LogP contribution in [0.2, 0.25) is 0 Å². The van der Waals surface area contributed by atoms with Crippen LogP contribution in [-0.4, -0.2) is 11.2 Å². The van der Waals surface area contributed by atoms with Gasteiger partial charge in [0.25, 0.3) is 0 Å². The van der Waals surface area contributed by atoms with Crippen molar-refractivity contribution >= 4 is 0 Å². The van der Waals surface area contributed by atoms with Crippen LogP contribution in [0.1, 0.15) is 46.0 Å². The second kappa shape index (κ2) is 2.54. The van der Waals surface area contributed by atoms with E-state index >= 15 is 0 Å². The summed E-state index contributed by atoms with van der Waals surface area (Å²) < 4.78 is 0. The Kier molecular flexibility index (Phi) is 2.04. The number of rotatable bonds is 0. The lowest BCUT2D eigenvalue weighted by Crippen LogP contribution is -2.25. The topological polar surface area (TPSA) is 20.2 Å². The van der Waals surface area contributed by atoms with Gasteiger partial charge in [0, 0.05) is 0 Å². The number of hydrogen-bond donors (Lipinski definition) is 1. The molecule has 1 spiro atoms. The summed E-state index contributed by atoms with van der Waals surface area (Å²) in [6.45, 7) is 0. The molecule has 0 aliphatic heterocycles. The van der Waals surface area contributed by atoms with Crippen molar-refractivity contribution in [2.75, 3.05) is 0 Å². The summed E-state index contributed by atoms with van der Waals surface area (Å²) >= 11 is 0. The minimum Gasteiger partial charge on any atom is -0.393 e. The zero-order valence-electron chi connectivity index (χ0n) is 5.77. The Labute approximate surface area is 63.4 Å². The molecule has 2 aliphatic carbocycles. The zero-order chi connectivity index (χ0) is 6.32. The van der Waals surface area contributed by atoms with Crippen molar-refractivity contribution in [1.82, 2.24) is 0 Å². The molecule has 0 amide bonds. The Morgan fingerprint density at radius 2 is 1.80 bits per heavy atom. The molecule has 2 saturated carbocycles. The first-order valence-corrected chi connectivity index (χ1v) is 4.02. The van der Waals surface area contributed by atoms with Gasteiger partial charge in [-0.25, -0.2) is 0 Å². The van der Waals surface area contributed by atoms with E-state index in [0.717, 1.165) is 6.42 Å². The molecule has 1 atom stereocenters. The van der Waals surface area contributed by atoms with E-state index in [0.29, 0.717) is 5.41 Å². The highest BCUT2D eigenvalue weighted by atomic mass is 16.3. The maximum absolute atomic E-state index is 9.50. The molecule has 0 heterocycles. The molecule has 0 radical (unpaired) electrons. The molecular weight excluding hydrogens is 124 g/mol. The third kappa shape index (κ3) is 1.07. The van der Waals surface area contributed by atoms with Crippen molar-refractivity contribution < 1.29 is 5.11 Å². The van der Waals surface area contributed by atoms with Crippen LogP contribution < -0.4 is 0 Å². The van der Waals surface area contributed by atoms with E-state index in [1.807, 2.05) is 0 Å². The SMILES string of the molecule is C.O[C@H]1CCCCC12CC2. The molecule has 1 heteroatoms. The second-order valence-corrected chi connectivity index (χ2v) is 3.62. The minimum absolute atomic E-state index is 0. The molecule has 1 N–H and O–H groups in total. The van der Waals surface area contributed by atoms with Crippen LogP contribution in [0, 0.1) is 5.41 Å². The van der Waals surface area contributed by atoms with Crippen LogP contribution in [0.5, 0.6) is 0 Å². The van der Waals surface area contributed by atoms with Gasteiger partial charge < -0.3 is 5.11 Å². The summed E-state index contributed by atoms with van der Waals surface area (Å²) in [6.07, 6.45) is 7.64. The van der Waals surface area contributed by atoms with E-state index in [1.165, 1.54) is 32.1 Å². The molecule has 0 saturated heterocycles. The van der Waals surface area contributed by atoms with E-state index in [-0.39, 0.29) is 13.5 Å². The first-order valence-electron chi connectivity index (χ1n) is 4.02. The van der Waals surface area contributed by atoms with Crippen LogP contribution in [-0.2, 0) is 0 Å². The first kappa shape index (κ1) is 8.06. The third-order valence-corrected chi connectivity index (χ3v) is 3.00. The van der Waals surface area contributed by atoms with Crippen LogP contribution in [0.4, 0.5) is 0 Å². The molecule has 0 aromatic rings. The average molecular weight is 142 g/mol. The smallest absolute Gasteiger partial charge is 0.0596 e. The normalized spacial score (nSPS) is 35.1. The van der Waals surface area contributed by atoms with Crippen molar-refractivity contribution in [2.24, 2.45) is 5.41 Å². The lowest BCUT2D eigenvalue weighted by atomic mass is 9.84. The number of aliphatic hydroxyl groups excluding tert-OH is 1. The van der Waals surface area contributed by atoms with Gasteiger partial charge in [-0.05, 0) is 31.1 Å². The highest BCUT2D eigenvalue weighted by Gasteiger charge is 2.49. The van der Waals surface area contributed by atoms with E-state index in [1.54, 1.807) is 0 Å². The van der Waals surface area contributed by atoms with Crippen LogP contribution >= 0.6 is 0 Å². The summed E-state index contributed by atoms with van der Waals surface area (Å²) in [4.78, 5) is 0. The Morgan fingerprint density at radius 1 is 1.10 bits per heavy atom. The molecule has 2 rings (SSSR count). The van der Waals surface area contributed by atoms with E-state index in [9.17, 15) is 5.11 Å². The molecule has 0 unspecified atom stereocenters. The summed E-state index contributed by atoms with van der Waals surface area (Å²) in [6, 6.07) is 0. The summed E-state index contributed by atoms with van der Waals surface area (Å²) in [5, 5.41) is 9.50. The Balaban J connectivity index is 0.000000500. The summed E-state index contributed by atoms with van der Waals surface area (Å²) in [5.74, 6) is 0. The van der Waals surface area contributed by atoms with E-state index in [4.69, 9.17) is 0 Å². The molecule has 2 fully saturated rings. The number of hydrogen-bond acceptors (Lipinski definition) is 1. The molecule has 0 bridgehead atoms. The molecule has 0 aromatic heterocycles. The van der Waals surface area contributed by atoms with Crippen LogP contribution in [0.3, 0.4) is 0 Å². The van der Waals surface area contributed by atoms with Gasteiger partial charge >= 0.3 is 0 Å². The maximum Gasteiger partial charge on any atom is 0.0596 e. The average Bonchev–Trinajstić information content (AvgIpc) is 2.60. The predicted molar refractivity (Wildman–Crippen MR) is 42.9 cm³/mol. The lowest BCUT2D eigenvalue weighted by molar-refractivity contribution is 0.0546. The van der Waals surface area contributed by atoms with Crippen molar-refractivity contribution in [3.05, 3.63) is 0 Å². The second-order valence-electron chi connectivity index (χ2n) is 3.62. The summed E-state index contributed by atoms with van der Waals surface area (Å²) in [5.41, 5.74) is 0.443. The molecule has 1 nitrogen and oxygen atoms in total. The van der Waals surface area contributed by atoms with Crippen molar-refractivity contribution in [3.63, 3.8) is 0 Å². The van der Waals surface area contributed by atoms with Gasteiger partial charge in [0.15, 0.2) is 0 Å². The van der Waals surface area contributed by atoms with Crippen molar-refractivity contribution in [3.8, 4) is 0 Å². The third-order valence-electron chi connectivity index (χ3n) is 3.00. The minimum atomic E-state index is 0. The van der Waals surface area contributed by atoms with Gasteiger partial charge in [0.05, 0.1) is 6.10 Å². The van der Waals surface area contributed by atoms with Crippen LogP contribution in [0.15, 0.2) is 0 Å². The van der Waals surface area contributed by atoms with Gasteiger partial charge in [-0.1, -0.05) is 20.3 Å². The lowest BCUT2D eigenvalue weighted by Gasteiger charge is -2.26. The fraction of sp³-hybridized carbons (Fsp3) is 1.00. The van der Waals surface area contributed by atoms with Crippen molar-refractivity contribution in [1.29, 1.82) is 0 Å². The first-order chi connectivity index (χ1) is 4.33. The highest BCUT2D eigenvalue weighted by molar-refractivity contribution is 5.00. The Morgan fingerprint density at radius 3 is 2.20 bits per heavy atom. The van der Waals surface area contributed by atoms with Gasteiger partial charge in [0.2, 0.25) is 0 Å². The fourth-order valence-electron chi connectivity index (χ4n) is 2.03.